The number of nitrogens with one attached hydrogen (secondary N) is 1. The highest BCUT2D eigenvalue weighted by molar-refractivity contribution is 5.85. The lowest BCUT2D eigenvalue weighted by molar-refractivity contribution is -0.156. The Morgan fingerprint density at radius 2 is 2.08 bits per heavy atom. The number of aliphatic carboxylic acids is 1. The van der Waals surface area contributed by atoms with E-state index in [0.717, 1.165) is 32.4 Å². The lowest BCUT2D eigenvalue weighted by Gasteiger charge is -2.50. The molecule has 3 N–H and O–H groups in total. The van der Waals surface area contributed by atoms with Gasteiger partial charge >= 0.3 is 5.97 Å². The first kappa shape index (κ1) is 15.4. The zero-order valence-corrected chi connectivity index (χ0v) is 14.2. The molecule has 3 aliphatic rings. The minimum absolute atomic E-state index is 0.0693. The van der Waals surface area contributed by atoms with E-state index in [-0.39, 0.29) is 12.0 Å². The number of carboxylic acid groups (broad SMARTS) is 1. The number of nitrogens with zero attached hydrogens (tertiary/aromatic N) is 1. The third-order valence-electron chi connectivity index (χ3n) is 6.83. The summed E-state index contributed by atoms with van der Waals surface area (Å²) in [6, 6.07) is 8.68. The van der Waals surface area contributed by atoms with Crippen LogP contribution in [0.3, 0.4) is 0 Å². The predicted octanol–water partition coefficient (Wildman–Crippen LogP) is 2.56. The van der Waals surface area contributed by atoms with Gasteiger partial charge in [-0.1, -0.05) is 18.2 Å². The van der Waals surface area contributed by atoms with Crippen molar-refractivity contribution in [3.8, 4) is 0 Å². The van der Waals surface area contributed by atoms with Crippen LogP contribution in [0.1, 0.15) is 36.6 Å². The van der Waals surface area contributed by atoms with Gasteiger partial charge in [-0.25, -0.2) is 0 Å². The van der Waals surface area contributed by atoms with Crippen LogP contribution in [0.15, 0.2) is 24.3 Å². The van der Waals surface area contributed by atoms with Gasteiger partial charge in [0.05, 0.1) is 18.1 Å². The molecule has 132 valence electrons. The number of carbonyl (C=O) groups is 1. The number of hydrogen-bond donors (Lipinski definition) is 3. The number of hydrogen-bond acceptors (Lipinski definition) is 3. The maximum absolute atomic E-state index is 11.8. The van der Waals surface area contributed by atoms with Crippen molar-refractivity contribution in [1.82, 2.24) is 9.88 Å². The maximum Gasteiger partial charge on any atom is 0.309 e. The maximum atomic E-state index is 11.8. The Morgan fingerprint density at radius 1 is 1.24 bits per heavy atom. The monoisotopic (exact) mass is 340 g/mol. The van der Waals surface area contributed by atoms with Crippen molar-refractivity contribution in [3.05, 3.63) is 35.5 Å². The highest BCUT2D eigenvalue weighted by Gasteiger charge is 2.49. The summed E-state index contributed by atoms with van der Waals surface area (Å²) in [5, 5.41) is 21.3. The largest absolute Gasteiger partial charge is 0.481 e. The molecule has 5 nitrogen and oxygen atoms in total. The summed E-state index contributed by atoms with van der Waals surface area (Å²) in [5.74, 6) is -0.981. The molecule has 1 saturated carbocycles. The second-order valence-electron chi connectivity index (χ2n) is 7.99. The minimum atomic E-state index is -0.830. The number of aromatic nitrogens is 1. The van der Waals surface area contributed by atoms with Gasteiger partial charge in [0, 0.05) is 29.7 Å². The molecule has 2 aromatic rings. The Labute approximate surface area is 146 Å². The number of carboxylic acids is 1. The zero-order valence-electron chi connectivity index (χ0n) is 14.2. The SMILES string of the molecule is O=C(O)C1[C@H]2C[C@H]3c4[nH]c5ccccc5c4CCN3C[C@@H]2CC[C@@H]1O. The Balaban J connectivity index is 1.54. The third kappa shape index (κ3) is 2.26. The van der Waals surface area contributed by atoms with E-state index >= 15 is 0 Å². The number of aliphatic hydroxyl groups excluding tert-OH is 1. The first-order valence-electron chi connectivity index (χ1n) is 9.38. The molecule has 25 heavy (non-hydrogen) atoms. The summed E-state index contributed by atoms with van der Waals surface area (Å²) < 4.78 is 0. The topological polar surface area (TPSA) is 76.6 Å². The minimum Gasteiger partial charge on any atom is -0.481 e. The van der Waals surface area contributed by atoms with Crippen LogP contribution in [0, 0.1) is 17.8 Å². The fraction of sp³-hybridized carbons (Fsp3) is 0.550. The molecule has 3 heterocycles. The van der Waals surface area contributed by atoms with Crippen LogP contribution >= 0.6 is 0 Å². The highest BCUT2D eigenvalue weighted by Crippen LogP contribution is 2.49. The number of benzene rings is 1. The van der Waals surface area contributed by atoms with E-state index in [1.807, 2.05) is 0 Å². The van der Waals surface area contributed by atoms with E-state index < -0.39 is 18.0 Å². The average Bonchev–Trinajstić information content (AvgIpc) is 2.99. The average molecular weight is 340 g/mol. The van der Waals surface area contributed by atoms with Crippen molar-refractivity contribution in [1.29, 1.82) is 0 Å². The van der Waals surface area contributed by atoms with E-state index in [0.29, 0.717) is 12.3 Å². The van der Waals surface area contributed by atoms with Gasteiger partial charge in [0.15, 0.2) is 0 Å². The summed E-state index contributed by atoms with van der Waals surface area (Å²) in [6.07, 6.45) is 2.75. The fourth-order valence-electron chi connectivity index (χ4n) is 5.68. The zero-order chi connectivity index (χ0) is 17.1. The van der Waals surface area contributed by atoms with Crippen molar-refractivity contribution < 1.29 is 15.0 Å². The Kier molecular flexibility index (Phi) is 3.44. The summed E-state index contributed by atoms with van der Waals surface area (Å²) in [4.78, 5) is 17.9. The van der Waals surface area contributed by atoms with E-state index in [9.17, 15) is 15.0 Å². The van der Waals surface area contributed by atoms with Crippen molar-refractivity contribution in [2.75, 3.05) is 13.1 Å². The van der Waals surface area contributed by atoms with Gasteiger partial charge in [0.1, 0.15) is 0 Å². The van der Waals surface area contributed by atoms with Gasteiger partial charge in [-0.2, -0.15) is 0 Å². The molecule has 0 radical (unpaired) electrons. The van der Waals surface area contributed by atoms with Crippen molar-refractivity contribution in [3.63, 3.8) is 0 Å². The van der Waals surface area contributed by atoms with Gasteiger partial charge in [-0.15, -0.1) is 0 Å². The molecule has 0 amide bonds. The van der Waals surface area contributed by atoms with Crippen molar-refractivity contribution in [2.24, 2.45) is 17.8 Å². The van der Waals surface area contributed by atoms with Crippen LogP contribution in [-0.4, -0.2) is 45.3 Å². The molecule has 5 rings (SSSR count). The Bertz CT molecular complexity index is 829. The van der Waals surface area contributed by atoms with E-state index in [2.05, 4.69) is 34.1 Å². The van der Waals surface area contributed by atoms with Gasteiger partial charge in [0.2, 0.25) is 0 Å². The van der Waals surface area contributed by atoms with Crippen LogP contribution in [0.5, 0.6) is 0 Å². The molecule has 1 aromatic carbocycles. The van der Waals surface area contributed by atoms with Gasteiger partial charge in [-0.3, -0.25) is 9.69 Å². The highest BCUT2D eigenvalue weighted by atomic mass is 16.4. The number of para-hydroxylation sites is 1. The smallest absolute Gasteiger partial charge is 0.309 e. The number of aromatic amines is 1. The number of fused-ring (bicyclic) bond motifs is 6. The second kappa shape index (κ2) is 5.58. The first-order valence-corrected chi connectivity index (χ1v) is 9.38. The molecule has 1 aliphatic carbocycles. The van der Waals surface area contributed by atoms with Gasteiger partial charge < -0.3 is 15.2 Å². The molecule has 5 heteroatoms. The molecule has 0 bridgehead atoms. The first-order chi connectivity index (χ1) is 12.1. The summed E-state index contributed by atoms with van der Waals surface area (Å²) in [5.41, 5.74) is 3.85. The molecule has 0 spiro atoms. The lowest BCUT2D eigenvalue weighted by atomic mass is 9.65. The number of H-pyrrole nitrogens is 1. The Hall–Kier alpha value is -1.85. The molecular formula is C20H24N2O3. The van der Waals surface area contributed by atoms with Crippen LogP contribution in [0.4, 0.5) is 0 Å². The Morgan fingerprint density at radius 3 is 2.92 bits per heavy atom. The number of aliphatic hydroxyl groups is 1. The van der Waals surface area contributed by atoms with Crippen LogP contribution < -0.4 is 0 Å². The lowest BCUT2D eigenvalue weighted by Crippen LogP contribution is -2.53. The van der Waals surface area contributed by atoms with Crippen molar-refractivity contribution >= 4 is 16.9 Å². The summed E-state index contributed by atoms with van der Waals surface area (Å²) in [7, 11) is 0. The molecule has 1 unspecified atom stereocenters. The van der Waals surface area contributed by atoms with E-state index in [1.165, 1.54) is 22.2 Å². The second-order valence-corrected chi connectivity index (χ2v) is 7.99. The third-order valence-corrected chi connectivity index (χ3v) is 6.83. The summed E-state index contributed by atoms with van der Waals surface area (Å²) in [6.45, 7) is 2.00. The molecule has 2 aliphatic heterocycles. The standard InChI is InChI=1S/C20H24N2O3/c23-17-6-5-11-10-22-8-7-13-12-3-1-2-4-15(12)21-19(13)16(22)9-14(11)18(17)20(24)25/h1-4,11,14,16-18,21,23H,5-10H2,(H,24,25)/t11-,14-,16-,17-,18?/m0/s1. The van der Waals surface area contributed by atoms with Crippen LogP contribution in [0.2, 0.25) is 0 Å². The number of piperidine rings is 1. The number of rotatable bonds is 1. The van der Waals surface area contributed by atoms with E-state index in [1.54, 1.807) is 0 Å². The van der Waals surface area contributed by atoms with Crippen LogP contribution in [-0.2, 0) is 11.2 Å². The fourth-order valence-corrected chi connectivity index (χ4v) is 5.68. The van der Waals surface area contributed by atoms with Gasteiger partial charge in [0.25, 0.3) is 0 Å². The molecule has 1 aromatic heterocycles. The molecule has 1 saturated heterocycles. The molecule has 5 atom stereocenters. The van der Waals surface area contributed by atoms with Crippen LogP contribution in [0.25, 0.3) is 10.9 Å². The van der Waals surface area contributed by atoms with E-state index in [4.69, 9.17) is 0 Å². The molecular weight excluding hydrogens is 316 g/mol. The quantitative estimate of drug-likeness (QED) is 0.746. The normalized spacial score (nSPS) is 35.0. The predicted molar refractivity (Wildman–Crippen MR) is 94.3 cm³/mol. The molecule has 2 fully saturated rings. The van der Waals surface area contributed by atoms with Crippen molar-refractivity contribution in [2.45, 2.75) is 37.8 Å². The van der Waals surface area contributed by atoms with Gasteiger partial charge in [-0.05, 0) is 49.1 Å². The summed E-state index contributed by atoms with van der Waals surface area (Å²) >= 11 is 0.